The first-order chi connectivity index (χ1) is 12.2. The van der Waals surface area contributed by atoms with E-state index in [0.717, 1.165) is 9.92 Å². The molecule has 0 aliphatic carbocycles. The number of nitrogens with zero attached hydrogens (tertiary/aromatic N) is 2. The van der Waals surface area contributed by atoms with Crippen LogP contribution in [0.3, 0.4) is 0 Å². The summed E-state index contributed by atoms with van der Waals surface area (Å²) < 4.78 is 12.9. The van der Waals surface area contributed by atoms with Gasteiger partial charge in [0.05, 0.1) is 5.75 Å². The van der Waals surface area contributed by atoms with Gasteiger partial charge in [0.1, 0.15) is 15.9 Å². The molecule has 126 valence electrons. The molecule has 0 bridgehead atoms. The molecule has 4 nitrogen and oxygen atoms in total. The van der Waals surface area contributed by atoms with E-state index in [2.05, 4.69) is 15.3 Å². The third kappa shape index (κ3) is 5.30. The Balaban J connectivity index is 1.61. The van der Waals surface area contributed by atoms with Crippen LogP contribution in [0.1, 0.15) is 0 Å². The van der Waals surface area contributed by atoms with Crippen LogP contribution in [0.15, 0.2) is 81.9 Å². The highest BCUT2D eigenvalue weighted by Gasteiger charge is 2.11. The zero-order valence-electron chi connectivity index (χ0n) is 13.1. The van der Waals surface area contributed by atoms with E-state index in [1.54, 1.807) is 12.4 Å². The molecule has 0 atom stereocenters. The Morgan fingerprint density at radius 2 is 1.64 bits per heavy atom. The molecule has 1 heterocycles. The van der Waals surface area contributed by atoms with Gasteiger partial charge in [0.2, 0.25) is 5.91 Å². The zero-order valence-corrected chi connectivity index (χ0v) is 14.7. The second kappa shape index (κ2) is 8.64. The van der Waals surface area contributed by atoms with Gasteiger partial charge in [0, 0.05) is 23.0 Å². The number of carbonyl (C=O) groups excluding carboxylic acids is 1. The van der Waals surface area contributed by atoms with Crippen molar-refractivity contribution in [3.63, 3.8) is 0 Å². The Morgan fingerprint density at radius 3 is 2.36 bits per heavy atom. The summed E-state index contributed by atoms with van der Waals surface area (Å²) in [5.41, 5.74) is 0.560. The Morgan fingerprint density at radius 1 is 0.960 bits per heavy atom. The van der Waals surface area contributed by atoms with E-state index in [0.29, 0.717) is 10.7 Å². The minimum absolute atomic E-state index is 0.182. The molecule has 0 spiro atoms. The van der Waals surface area contributed by atoms with Crippen molar-refractivity contribution in [3.8, 4) is 0 Å². The Labute approximate surface area is 153 Å². The predicted octanol–water partition coefficient (Wildman–Crippen LogP) is 4.50. The highest BCUT2D eigenvalue weighted by Crippen LogP contribution is 2.32. The molecule has 0 radical (unpaired) electrons. The van der Waals surface area contributed by atoms with E-state index >= 15 is 0 Å². The van der Waals surface area contributed by atoms with Crippen molar-refractivity contribution in [3.05, 3.63) is 72.8 Å². The summed E-state index contributed by atoms with van der Waals surface area (Å²) in [6.45, 7) is 0. The van der Waals surface area contributed by atoms with Crippen molar-refractivity contribution in [1.29, 1.82) is 0 Å². The fourth-order valence-corrected chi connectivity index (χ4v) is 3.67. The molecule has 3 rings (SSSR count). The maximum Gasteiger partial charge on any atom is 0.234 e. The summed E-state index contributed by atoms with van der Waals surface area (Å²) in [4.78, 5) is 21.8. The molecule has 1 amide bonds. The topological polar surface area (TPSA) is 54.9 Å². The molecule has 0 saturated carbocycles. The van der Waals surface area contributed by atoms with Gasteiger partial charge in [-0.1, -0.05) is 41.7 Å². The van der Waals surface area contributed by atoms with Gasteiger partial charge in [-0.05, 0) is 36.4 Å². The smallest absolute Gasteiger partial charge is 0.234 e. The van der Waals surface area contributed by atoms with Crippen LogP contribution in [0.2, 0.25) is 0 Å². The van der Waals surface area contributed by atoms with Crippen LogP contribution < -0.4 is 5.32 Å². The molecule has 0 unspecified atom stereocenters. The number of benzene rings is 2. The summed E-state index contributed by atoms with van der Waals surface area (Å²) in [5, 5.41) is 4.18. The number of hydrogen-bond acceptors (Lipinski definition) is 5. The Kier molecular flexibility index (Phi) is 6.03. The lowest BCUT2D eigenvalue weighted by molar-refractivity contribution is -0.113. The summed E-state index contributed by atoms with van der Waals surface area (Å²) in [5.74, 6) is -0.328. The normalized spacial score (nSPS) is 10.4. The minimum Gasteiger partial charge on any atom is -0.325 e. The summed E-state index contributed by atoms with van der Waals surface area (Å²) in [6, 6.07) is 15.5. The lowest BCUT2D eigenvalue weighted by Crippen LogP contribution is -2.14. The third-order valence-corrected chi connectivity index (χ3v) is 5.17. The molecular formula is C18H14FN3OS2. The van der Waals surface area contributed by atoms with Gasteiger partial charge in [0.25, 0.3) is 0 Å². The summed E-state index contributed by atoms with van der Waals surface area (Å²) in [6.07, 6.45) is 3.24. The average Bonchev–Trinajstić information content (AvgIpc) is 2.64. The molecule has 1 N–H and O–H groups in total. The number of halogens is 1. The molecule has 2 aromatic carbocycles. The molecule has 0 fully saturated rings. The van der Waals surface area contributed by atoms with Gasteiger partial charge in [-0.2, -0.15) is 0 Å². The van der Waals surface area contributed by atoms with Crippen LogP contribution >= 0.6 is 23.5 Å². The molecule has 25 heavy (non-hydrogen) atoms. The highest BCUT2D eigenvalue weighted by atomic mass is 32.2. The Bertz CT molecular complexity index is 844. The molecule has 0 aliphatic heterocycles. The second-order valence-electron chi connectivity index (χ2n) is 4.93. The second-order valence-corrected chi connectivity index (χ2v) is 6.95. The van der Waals surface area contributed by atoms with E-state index in [1.165, 1.54) is 47.8 Å². The average molecular weight is 371 g/mol. The number of anilines is 1. The van der Waals surface area contributed by atoms with Gasteiger partial charge < -0.3 is 5.32 Å². The van der Waals surface area contributed by atoms with E-state index < -0.39 is 0 Å². The number of aromatic nitrogens is 2. The number of carbonyl (C=O) groups is 1. The minimum atomic E-state index is -0.338. The number of rotatable bonds is 6. The number of hydrogen-bond donors (Lipinski definition) is 1. The van der Waals surface area contributed by atoms with Crippen LogP contribution in [0.25, 0.3) is 0 Å². The van der Waals surface area contributed by atoms with E-state index in [-0.39, 0.29) is 17.5 Å². The van der Waals surface area contributed by atoms with Crippen molar-refractivity contribution >= 4 is 35.1 Å². The van der Waals surface area contributed by atoms with Crippen LogP contribution in [0.4, 0.5) is 10.1 Å². The SMILES string of the molecule is O=C(CSc1nccnc1Sc1ccccc1)Nc1ccc(F)cc1. The highest BCUT2D eigenvalue weighted by molar-refractivity contribution is 8.02. The largest absolute Gasteiger partial charge is 0.325 e. The van der Waals surface area contributed by atoms with Crippen molar-refractivity contribution in [2.75, 3.05) is 11.1 Å². The van der Waals surface area contributed by atoms with Crippen LogP contribution in [0, 0.1) is 5.82 Å². The maximum absolute atomic E-state index is 12.9. The van der Waals surface area contributed by atoms with Gasteiger partial charge in [0.15, 0.2) is 0 Å². The first-order valence-corrected chi connectivity index (χ1v) is 9.23. The monoisotopic (exact) mass is 371 g/mol. The quantitative estimate of drug-likeness (QED) is 0.647. The third-order valence-electron chi connectivity index (χ3n) is 3.06. The van der Waals surface area contributed by atoms with Gasteiger partial charge in [-0.3, -0.25) is 4.79 Å². The zero-order chi connectivity index (χ0) is 17.5. The molecule has 3 aromatic rings. The van der Waals surface area contributed by atoms with Crippen molar-refractivity contribution in [1.82, 2.24) is 9.97 Å². The van der Waals surface area contributed by atoms with Crippen molar-refractivity contribution in [2.24, 2.45) is 0 Å². The lowest BCUT2D eigenvalue weighted by Gasteiger charge is -2.07. The lowest BCUT2D eigenvalue weighted by atomic mass is 10.3. The van der Waals surface area contributed by atoms with Crippen LogP contribution in [0.5, 0.6) is 0 Å². The Hall–Kier alpha value is -2.38. The fraction of sp³-hybridized carbons (Fsp3) is 0.0556. The van der Waals surface area contributed by atoms with Gasteiger partial charge in [-0.15, -0.1) is 0 Å². The molecule has 0 aliphatic rings. The molecule has 1 aromatic heterocycles. The fourth-order valence-electron chi connectivity index (χ4n) is 1.95. The van der Waals surface area contributed by atoms with Crippen molar-refractivity contribution < 1.29 is 9.18 Å². The first kappa shape index (κ1) is 17.4. The first-order valence-electron chi connectivity index (χ1n) is 7.43. The summed E-state index contributed by atoms with van der Waals surface area (Å²) >= 11 is 2.82. The molecular weight excluding hydrogens is 357 g/mol. The van der Waals surface area contributed by atoms with Crippen LogP contribution in [-0.2, 0) is 4.79 Å². The van der Waals surface area contributed by atoms with Gasteiger partial charge in [-0.25, -0.2) is 14.4 Å². The standard InChI is InChI=1S/C18H14FN3OS2/c19-13-6-8-14(9-7-13)22-16(23)12-24-17-18(21-11-10-20-17)25-15-4-2-1-3-5-15/h1-11H,12H2,(H,22,23). The number of nitrogens with one attached hydrogen (secondary N) is 1. The van der Waals surface area contributed by atoms with Crippen molar-refractivity contribution in [2.45, 2.75) is 14.9 Å². The maximum atomic E-state index is 12.9. The predicted molar refractivity (Wildman–Crippen MR) is 98.4 cm³/mol. The molecule has 7 heteroatoms. The van der Waals surface area contributed by atoms with Crippen LogP contribution in [-0.4, -0.2) is 21.6 Å². The van der Waals surface area contributed by atoms with Gasteiger partial charge >= 0.3 is 0 Å². The number of amides is 1. The van der Waals surface area contributed by atoms with E-state index in [4.69, 9.17) is 0 Å². The van der Waals surface area contributed by atoms with E-state index in [9.17, 15) is 9.18 Å². The number of thioether (sulfide) groups is 1. The summed E-state index contributed by atoms with van der Waals surface area (Å²) in [7, 11) is 0. The van der Waals surface area contributed by atoms with E-state index in [1.807, 2.05) is 30.3 Å². The molecule has 0 saturated heterocycles.